The Kier molecular flexibility index (Phi) is 22.8. The van der Waals surface area contributed by atoms with E-state index in [1.165, 1.54) is 37.2 Å². The lowest BCUT2D eigenvalue weighted by molar-refractivity contribution is -0.186. The van der Waals surface area contributed by atoms with Crippen LogP contribution in [-0.4, -0.2) is 84.1 Å². The number of amides is 2. The van der Waals surface area contributed by atoms with Crippen LogP contribution < -0.4 is 10.1 Å². The monoisotopic (exact) mass is 754 g/mol. The van der Waals surface area contributed by atoms with Gasteiger partial charge in [0.2, 0.25) is 11.8 Å². The molecule has 2 amide bonds. The van der Waals surface area contributed by atoms with Gasteiger partial charge in [0, 0.05) is 46.7 Å². The van der Waals surface area contributed by atoms with Crippen molar-refractivity contribution in [2.45, 2.75) is 149 Å². The van der Waals surface area contributed by atoms with Gasteiger partial charge in [-0.3, -0.25) is 19.2 Å². The number of hydrogen-bond acceptors (Lipinski definition) is 9. The van der Waals surface area contributed by atoms with E-state index in [1.807, 2.05) is 0 Å². The third-order valence-corrected chi connectivity index (χ3v) is 8.71. The normalized spacial score (nSPS) is 13.5. The molecule has 0 radical (unpaired) electrons. The number of carbonyl (C=O) groups is 5. The number of Topliss-reactive ketones (excluding diaryl/α,β-unsaturated/α-hetero) is 1. The van der Waals surface area contributed by atoms with Crippen molar-refractivity contribution in [1.82, 2.24) is 10.2 Å². The van der Waals surface area contributed by atoms with E-state index < -0.39 is 47.4 Å². The van der Waals surface area contributed by atoms with Gasteiger partial charge >= 0.3 is 11.9 Å². The van der Waals surface area contributed by atoms with E-state index in [9.17, 15) is 29.1 Å². The van der Waals surface area contributed by atoms with Crippen molar-refractivity contribution in [3.05, 3.63) is 42.0 Å². The van der Waals surface area contributed by atoms with Crippen molar-refractivity contribution >= 4 is 29.5 Å². The minimum absolute atomic E-state index is 0.119. The highest BCUT2D eigenvalue weighted by atomic mass is 16.6. The fraction of sp³-hybridized carbons (Fsp3) is 0.651. The number of esters is 2. The quantitative estimate of drug-likeness (QED) is 0.0458. The van der Waals surface area contributed by atoms with Crippen LogP contribution >= 0.6 is 0 Å². The van der Waals surface area contributed by atoms with Crippen LogP contribution in [0.15, 0.2) is 36.4 Å². The van der Waals surface area contributed by atoms with E-state index in [0.29, 0.717) is 30.8 Å². The molecular formula is C43H66N2O9. The molecule has 0 fully saturated rings. The standard InChI is InChI=1S/C43H66N2O9/c1-9-11-13-16-19-22-35(47)23-20-17-14-15-18-21-24-37(43(51,29-31-52-33(3)46)41(50)54-42(4,5)6)39(48)44-38(40(49)45(7)8)32-34-25-27-36(28-26-34)53-30-12-10-2/h21,24-28,37-38,51H,9,11,13-20,22-23,29-32H2,1-8H3,(H,44,48)/b24-21+/t37-,38+,43+/m1/s1. The summed E-state index contributed by atoms with van der Waals surface area (Å²) in [7, 11) is 3.15. The number of nitrogens with zero attached hydrogens (tertiary/aromatic N) is 1. The van der Waals surface area contributed by atoms with Gasteiger partial charge in [0.1, 0.15) is 29.8 Å². The molecule has 1 rings (SSSR count). The molecule has 11 nitrogen and oxygen atoms in total. The molecular weight excluding hydrogens is 688 g/mol. The molecule has 0 aliphatic rings. The molecule has 2 N–H and O–H groups in total. The van der Waals surface area contributed by atoms with E-state index in [2.05, 4.69) is 24.1 Å². The minimum atomic E-state index is -2.44. The van der Waals surface area contributed by atoms with Crippen molar-refractivity contribution < 1.29 is 43.3 Å². The van der Waals surface area contributed by atoms with Crippen molar-refractivity contribution in [2.75, 3.05) is 27.3 Å². The Bertz CT molecular complexity index is 1400. The van der Waals surface area contributed by atoms with Crippen LogP contribution in [0, 0.1) is 17.8 Å². The van der Waals surface area contributed by atoms with Crippen LogP contribution in [-0.2, 0) is 39.9 Å². The van der Waals surface area contributed by atoms with Crippen molar-refractivity contribution in [1.29, 1.82) is 0 Å². The van der Waals surface area contributed by atoms with Gasteiger partial charge in [-0.25, -0.2) is 4.79 Å². The fourth-order valence-electron chi connectivity index (χ4n) is 5.71. The summed E-state index contributed by atoms with van der Waals surface area (Å²) >= 11 is 0. The Morgan fingerprint density at radius 3 is 2.09 bits per heavy atom. The molecule has 0 aliphatic carbocycles. The lowest BCUT2D eigenvalue weighted by atomic mass is 9.82. The Labute approximate surface area is 323 Å². The molecule has 0 heterocycles. The molecule has 3 atom stereocenters. The number of rotatable bonds is 26. The molecule has 302 valence electrons. The van der Waals surface area contributed by atoms with Gasteiger partial charge in [-0.15, -0.1) is 5.92 Å². The van der Waals surface area contributed by atoms with E-state index in [4.69, 9.17) is 14.2 Å². The second kappa shape index (κ2) is 25.8. The highest BCUT2D eigenvalue weighted by molar-refractivity contribution is 5.94. The number of benzene rings is 1. The zero-order valence-corrected chi connectivity index (χ0v) is 34.1. The molecule has 1 aromatic rings. The molecule has 0 spiro atoms. The smallest absolute Gasteiger partial charge is 0.339 e. The number of unbranched alkanes of at least 4 members (excludes halogenated alkanes) is 8. The first-order valence-electron chi connectivity index (χ1n) is 19.4. The Morgan fingerprint density at radius 1 is 0.926 bits per heavy atom. The summed E-state index contributed by atoms with van der Waals surface area (Å²) in [6.45, 7) is 9.91. The predicted octanol–water partition coefficient (Wildman–Crippen LogP) is 6.67. The predicted molar refractivity (Wildman–Crippen MR) is 210 cm³/mol. The number of hydrogen-bond donors (Lipinski definition) is 2. The van der Waals surface area contributed by atoms with Gasteiger partial charge in [-0.1, -0.05) is 75.7 Å². The first kappa shape index (κ1) is 47.9. The molecule has 0 saturated carbocycles. The molecule has 54 heavy (non-hydrogen) atoms. The van der Waals surface area contributed by atoms with Gasteiger partial charge in [0.05, 0.1) is 12.5 Å². The lowest BCUT2D eigenvalue weighted by Crippen LogP contribution is -2.57. The molecule has 0 unspecified atom stereocenters. The number of aliphatic hydroxyl groups is 1. The largest absolute Gasteiger partial charge is 0.481 e. The lowest BCUT2D eigenvalue weighted by Gasteiger charge is -2.35. The summed E-state index contributed by atoms with van der Waals surface area (Å²) in [4.78, 5) is 66.5. The average Bonchev–Trinajstić information content (AvgIpc) is 3.10. The van der Waals surface area contributed by atoms with Crippen LogP contribution in [0.2, 0.25) is 0 Å². The maximum absolute atomic E-state index is 14.2. The number of carbonyl (C=O) groups excluding carboxylic acids is 5. The van der Waals surface area contributed by atoms with Crippen molar-refractivity contribution in [2.24, 2.45) is 5.92 Å². The Hall–Kier alpha value is -4.17. The van der Waals surface area contributed by atoms with E-state index in [1.54, 1.807) is 72.1 Å². The fourth-order valence-corrected chi connectivity index (χ4v) is 5.71. The van der Waals surface area contributed by atoms with Crippen LogP contribution in [0.1, 0.15) is 131 Å². The molecule has 1 aromatic carbocycles. The second-order valence-corrected chi connectivity index (χ2v) is 14.9. The van der Waals surface area contributed by atoms with Crippen LogP contribution in [0.4, 0.5) is 0 Å². The van der Waals surface area contributed by atoms with Gasteiger partial charge in [0.15, 0.2) is 5.60 Å². The number of ether oxygens (including phenoxy) is 3. The Morgan fingerprint density at radius 2 is 1.54 bits per heavy atom. The maximum Gasteiger partial charge on any atom is 0.339 e. The summed E-state index contributed by atoms with van der Waals surface area (Å²) in [6.07, 6.45) is 13.6. The average molecular weight is 755 g/mol. The molecule has 0 aliphatic heterocycles. The molecule has 0 aromatic heterocycles. The summed E-state index contributed by atoms with van der Waals surface area (Å²) in [6, 6.07) is 6.03. The van der Waals surface area contributed by atoms with E-state index in [-0.39, 0.29) is 25.5 Å². The minimum Gasteiger partial charge on any atom is -0.481 e. The zero-order chi connectivity index (χ0) is 40.6. The van der Waals surface area contributed by atoms with Crippen LogP contribution in [0.25, 0.3) is 0 Å². The topological polar surface area (TPSA) is 149 Å². The van der Waals surface area contributed by atoms with Gasteiger partial charge in [-0.2, -0.15) is 0 Å². The summed E-state index contributed by atoms with van der Waals surface area (Å²) < 4.78 is 16.3. The summed E-state index contributed by atoms with van der Waals surface area (Å²) in [5.41, 5.74) is -2.70. The van der Waals surface area contributed by atoms with E-state index >= 15 is 0 Å². The zero-order valence-electron chi connectivity index (χ0n) is 34.1. The first-order valence-corrected chi connectivity index (χ1v) is 19.4. The SMILES string of the molecule is CC#CCOc1ccc(C[C@H](NC(=O)[C@@H](/C=C/CCCCCCC(=O)CCCCCCC)[C@@](O)(CCOC(C)=O)C(=O)OC(C)(C)C)C(=O)N(C)C)cc1. The molecule has 0 bridgehead atoms. The van der Waals surface area contributed by atoms with Crippen LogP contribution in [0.5, 0.6) is 5.75 Å². The second-order valence-electron chi connectivity index (χ2n) is 14.9. The van der Waals surface area contributed by atoms with Crippen LogP contribution in [0.3, 0.4) is 0 Å². The maximum atomic E-state index is 14.2. The number of likely N-dealkylation sites (N-methyl/N-ethyl adjacent to an activating group) is 1. The summed E-state index contributed by atoms with van der Waals surface area (Å²) in [5, 5.41) is 14.8. The highest BCUT2D eigenvalue weighted by Gasteiger charge is 2.49. The molecule has 11 heteroatoms. The first-order chi connectivity index (χ1) is 25.5. The highest BCUT2D eigenvalue weighted by Crippen LogP contribution is 2.29. The van der Waals surface area contributed by atoms with Crippen molar-refractivity contribution in [3.8, 4) is 17.6 Å². The third-order valence-electron chi connectivity index (χ3n) is 8.71. The van der Waals surface area contributed by atoms with Gasteiger partial charge in [0.25, 0.3) is 0 Å². The van der Waals surface area contributed by atoms with E-state index in [0.717, 1.165) is 44.1 Å². The third kappa shape index (κ3) is 19.8. The molecule has 0 saturated heterocycles. The van der Waals surface area contributed by atoms with Gasteiger partial charge < -0.3 is 29.5 Å². The Balaban J connectivity index is 3.22. The van der Waals surface area contributed by atoms with Gasteiger partial charge in [-0.05, 0) is 71.1 Å². The number of ketones is 1. The number of nitrogens with one attached hydrogen (secondary N) is 1. The number of allylic oxidation sites excluding steroid dienone is 1. The van der Waals surface area contributed by atoms with Crippen molar-refractivity contribution in [3.63, 3.8) is 0 Å². The summed E-state index contributed by atoms with van der Waals surface area (Å²) in [5.74, 6) is 2.19.